The molecule has 0 N–H and O–H groups in total. The van der Waals surface area contributed by atoms with Gasteiger partial charge in [-0.2, -0.15) is 5.10 Å². The number of benzene rings is 1. The molecule has 16 heavy (non-hydrogen) atoms. The van der Waals surface area contributed by atoms with Crippen molar-refractivity contribution >= 4 is 0 Å². The summed E-state index contributed by atoms with van der Waals surface area (Å²) in [6, 6.07) is 8.37. The molecule has 2 nitrogen and oxygen atoms in total. The van der Waals surface area contributed by atoms with Gasteiger partial charge in [0.25, 0.3) is 0 Å². The molecule has 0 amide bonds. The monoisotopic (exact) mass is 214 g/mol. The average molecular weight is 214 g/mol. The number of rotatable bonds is 1. The first-order valence-corrected chi connectivity index (χ1v) is 5.59. The molecule has 84 valence electrons. The fourth-order valence-corrected chi connectivity index (χ4v) is 1.62. The van der Waals surface area contributed by atoms with E-state index in [4.69, 9.17) is 0 Å². The summed E-state index contributed by atoms with van der Waals surface area (Å²) in [7, 11) is 0. The summed E-state index contributed by atoms with van der Waals surface area (Å²) in [6.07, 6.45) is 4.05. The second-order valence-electron chi connectivity index (χ2n) is 5.26. The Bertz CT molecular complexity index is 489. The summed E-state index contributed by atoms with van der Waals surface area (Å²) in [5.41, 5.74) is 3.79. The molecule has 1 aromatic carbocycles. The summed E-state index contributed by atoms with van der Waals surface area (Å²) in [5, 5.41) is 4.41. The zero-order valence-corrected chi connectivity index (χ0v) is 10.4. The maximum Gasteiger partial charge on any atom is 0.0648 e. The van der Waals surface area contributed by atoms with Gasteiger partial charge < -0.3 is 0 Å². The fourth-order valence-electron chi connectivity index (χ4n) is 1.62. The third-order valence-corrected chi connectivity index (χ3v) is 2.71. The standard InChI is InChI=1S/C14H18N2/c1-11-6-5-7-13(8-11)16-10-12(9-15-16)14(2,3)4/h5-10H,1-4H3. The molecule has 0 fully saturated rings. The zero-order valence-electron chi connectivity index (χ0n) is 10.4. The van der Waals surface area contributed by atoms with Crippen molar-refractivity contribution in [2.75, 3.05) is 0 Å². The largest absolute Gasteiger partial charge is 0.241 e. The quantitative estimate of drug-likeness (QED) is 0.710. The van der Waals surface area contributed by atoms with Gasteiger partial charge in [0.1, 0.15) is 0 Å². The summed E-state index contributed by atoms with van der Waals surface area (Å²) in [6.45, 7) is 8.69. The van der Waals surface area contributed by atoms with Crippen LogP contribution in [0.3, 0.4) is 0 Å². The van der Waals surface area contributed by atoms with Crippen LogP contribution >= 0.6 is 0 Å². The lowest BCUT2D eigenvalue weighted by Gasteiger charge is -2.15. The number of hydrogen-bond donors (Lipinski definition) is 0. The molecule has 0 atom stereocenters. The van der Waals surface area contributed by atoms with Gasteiger partial charge in [0.2, 0.25) is 0 Å². The number of aromatic nitrogens is 2. The SMILES string of the molecule is Cc1cccc(-n2cc(C(C)(C)C)cn2)c1. The van der Waals surface area contributed by atoms with Crippen LogP contribution in [0.1, 0.15) is 31.9 Å². The van der Waals surface area contributed by atoms with E-state index in [0.717, 1.165) is 5.69 Å². The highest BCUT2D eigenvalue weighted by Gasteiger charge is 2.15. The van der Waals surface area contributed by atoms with Crippen molar-refractivity contribution in [2.24, 2.45) is 0 Å². The van der Waals surface area contributed by atoms with Crippen LogP contribution < -0.4 is 0 Å². The van der Waals surface area contributed by atoms with Crippen LogP contribution in [0.4, 0.5) is 0 Å². The van der Waals surface area contributed by atoms with Crippen LogP contribution in [0, 0.1) is 6.92 Å². The van der Waals surface area contributed by atoms with Crippen LogP contribution in [0.25, 0.3) is 5.69 Å². The second kappa shape index (κ2) is 3.78. The van der Waals surface area contributed by atoms with E-state index in [2.05, 4.69) is 63.3 Å². The van der Waals surface area contributed by atoms with Gasteiger partial charge in [-0.3, -0.25) is 0 Å². The Morgan fingerprint density at radius 1 is 1.19 bits per heavy atom. The molecular formula is C14H18N2. The third-order valence-electron chi connectivity index (χ3n) is 2.71. The van der Waals surface area contributed by atoms with E-state index in [1.54, 1.807) is 0 Å². The van der Waals surface area contributed by atoms with Gasteiger partial charge in [0.05, 0.1) is 11.9 Å². The molecule has 0 radical (unpaired) electrons. The zero-order chi connectivity index (χ0) is 11.8. The Morgan fingerprint density at radius 2 is 1.94 bits per heavy atom. The molecule has 0 bridgehead atoms. The normalized spacial score (nSPS) is 11.8. The van der Waals surface area contributed by atoms with Crippen molar-refractivity contribution < 1.29 is 0 Å². The molecule has 0 aliphatic carbocycles. The van der Waals surface area contributed by atoms with Crippen LogP contribution in [-0.2, 0) is 5.41 Å². The molecule has 0 aliphatic rings. The highest BCUT2D eigenvalue weighted by molar-refractivity contribution is 5.35. The first kappa shape index (κ1) is 10.9. The van der Waals surface area contributed by atoms with E-state index in [-0.39, 0.29) is 5.41 Å². The van der Waals surface area contributed by atoms with Gasteiger partial charge >= 0.3 is 0 Å². The van der Waals surface area contributed by atoms with Crippen LogP contribution in [0.2, 0.25) is 0 Å². The first-order chi connectivity index (χ1) is 7.47. The van der Waals surface area contributed by atoms with Crippen LogP contribution in [-0.4, -0.2) is 9.78 Å². The molecule has 2 rings (SSSR count). The van der Waals surface area contributed by atoms with E-state index in [1.807, 2.05) is 10.9 Å². The summed E-state index contributed by atoms with van der Waals surface area (Å²) in [4.78, 5) is 0. The van der Waals surface area contributed by atoms with Gasteiger partial charge in [-0.15, -0.1) is 0 Å². The molecule has 0 unspecified atom stereocenters. The summed E-state index contributed by atoms with van der Waals surface area (Å²) < 4.78 is 1.94. The maximum absolute atomic E-state index is 4.41. The Balaban J connectivity index is 2.39. The Kier molecular flexibility index (Phi) is 2.58. The van der Waals surface area contributed by atoms with E-state index < -0.39 is 0 Å². The predicted molar refractivity (Wildman–Crippen MR) is 67.0 cm³/mol. The Hall–Kier alpha value is -1.57. The minimum Gasteiger partial charge on any atom is -0.241 e. The molecule has 2 heteroatoms. The number of aryl methyl sites for hydroxylation is 1. The lowest BCUT2D eigenvalue weighted by atomic mass is 9.90. The second-order valence-corrected chi connectivity index (χ2v) is 5.26. The van der Waals surface area contributed by atoms with Crippen molar-refractivity contribution in [3.8, 4) is 5.69 Å². The highest BCUT2D eigenvalue weighted by Crippen LogP contribution is 2.22. The lowest BCUT2D eigenvalue weighted by Crippen LogP contribution is -2.09. The predicted octanol–water partition coefficient (Wildman–Crippen LogP) is 3.48. The number of nitrogens with zero attached hydrogens (tertiary/aromatic N) is 2. The first-order valence-electron chi connectivity index (χ1n) is 5.59. The maximum atomic E-state index is 4.41. The van der Waals surface area contributed by atoms with E-state index >= 15 is 0 Å². The topological polar surface area (TPSA) is 17.8 Å². The fraction of sp³-hybridized carbons (Fsp3) is 0.357. The van der Waals surface area contributed by atoms with Gasteiger partial charge in [-0.05, 0) is 35.6 Å². The molecule has 0 aliphatic heterocycles. The van der Waals surface area contributed by atoms with Crippen molar-refractivity contribution in [3.63, 3.8) is 0 Å². The molecule has 2 aromatic rings. The van der Waals surface area contributed by atoms with Gasteiger partial charge in [0.15, 0.2) is 0 Å². The average Bonchev–Trinajstić information content (AvgIpc) is 2.65. The lowest BCUT2D eigenvalue weighted by molar-refractivity contribution is 0.590. The van der Waals surface area contributed by atoms with Gasteiger partial charge in [-0.1, -0.05) is 32.9 Å². The molecule has 0 spiro atoms. The highest BCUT2D eigenvalue weighted by atomic mass is 15.3. The number of hydrogen-bond acceptors (Lipinski definition) is 1. The van der Waals surface area contributed by atoms with Crippen molar-refractivity contribution in [3.05, 3.63) is 47.8 Å². The Morgan fingerprint density at radius 3 is 2.50 bits per heavy atom. The van der Waals surface area contributed by atoms with Crippen LogP contribution in [0.5, 0.6) is 0 Å². The minimum absolute atomic E-state index is 0.155. The van der Waals surface area contributed by atoms with Crippen LogP contribution in [0.15, 0.2) is 36.7 Å². The van der Waals surface area contributed by atoms with Crippen molar-refractivity contribution in [1.29, 1.82) is 0 Å². The molecule has 0 saturated carbocycles. The van der Waals surface area contributed by atoms with Crippen molar-refractivity contribution in [1.82, 2.24) is 9.78 Å². The Labute approximate surface area is 96.9 Å². The van der Waals surface area contributed by atoms with Gasteiger partial charge in [-0.25, -0.2) is 4.68 Å². The molecule has 0 saturated heterocycles. The smallest absolute Gasteiger partial charge is 0.0648 e. The molecule has 1 heterocycles. The third kappa shape index (κ3) is 2.16. The van der Waals surface area contributed by atoms with Gasteiger partial charge in [0, 0.05) is 6.20 Å². The van der Waals surface area contributed by atoms with E-state index in [9.17, 15) is 0 Å². The minimum atomic E-state index is 0.155. The van der Waals surface area contributed by atoms with E-state index in [0.29, 0.717) is 0 Å². The molecule has 1 aromatic heterocycles. The summed E-state index contributed by atoms with van der Waals surface area (Å²) >= 11 is 0. The van der Waals surface area contributed by atoms with E-state index in [1.165, 1.54) is 11.1 Å². The van der Waals surface area contributed by atoms with Crippen molar-refractivity contribution in [2.45, 2.75) is 33.1 Å². The molecular weight excluding hydrogens is 196 g/mol. The summed E-state index contributed by atoms with van der Waals surface area (Å²) in [5.74, 6) is 0.